The normalized spacial score (nSPS) is 14.7. The number of nitriles is 1. The summed E-state index contributed by atoms with van der Waals surface area (Å²) in [6.07, 6.45) is 9.42. The molecule has 93 heavy (non-hydrogen) atoms. The lowest BCUT2D eigenvalue weighted by atomic mass is 9.94. The van der Waals surface area contributed by atoms with Gasteiger partial charge in [-0.15, -0.1) is 0 Å². The third-order valence-electron chi connectivity index (χ3n) is 17.7. The summed E-state index contributed by atoms with van der Waals surface area (Å²) in [5.41, 5.74) is 15.8. The highest BCUT2D eigenvalue weighted by Crippen LogP contribution is 2.53. The average molecular weight is 1200 g/mol. The molecule has 1 N–H and O–H groups in total. The summed E-state index contributed by atoms with van der Waals surface area (Å²) in [5.74, 6) is 1.88. The highest BCUT2D eigenvalue weighted by Gasteiger charge is 2.33. The number of aromatic nitrogens is 4. The molecule has 0 aliphatic carbocycles. The van der Waals surface area contributed by atoms with E-state index in [0.29, 0.717) is 51.8 Å². The van der Waals surface area contributed by atoms with Crippen molar-refractivity contribution >= 4 is 118 Å². The molecule has 13 nitrogen and oxygen atoms in total. The van der Waals surface area contributed by atoms with E-state index in [4.69, 9.17) is 28.3 Å². The zero-order chi connectivity index (χ0) is 61.9. The van der Waals surface area contributed by atoms with Crippen LogP contribution in [0.3, 0.4) is 0 Å². The molecular weight excluding hydrogens is 1150 g/mol. The number of benzene rings is 11. The Morgan fingerprint density at radius 2 is 0.978 bits per heavy atom. The van der Waals surface area contributed by atoms with Gasteiger partial charge in [0.2, 0.25) is 11.9 Å². The zero-order valence-electron chi connectivity index (χ0n) is 49.8. The Balaban J connectivity index is 0.946. The van der Waals surface area contributed by atoms with Gasteiger partial charge in [-0.05, 0) is 106 Å². The van der Waals surface area contributed by atoms with Crippen molar-refractivity contribution in [3.63, 3.8) is 0 Å². The van der Waals surface area contributed by atoms with Gasteiger partial charge in [0.1, 0.15) is 59.8 Å². The first-order chi connectivity index (χ1) is 46.0. The summed E-state index contributed by atoms with van der Waals surface area (Å²) < 4.78 is 30.0. The molecule has 11 aromatic carbocycles. The Hall–Kier alpha value is -12.7. The fourth-order valence-corrected chi connectivity index (χ4v) is 13.6. The van der Waals surface area contributed by atoms with Crippen molar-refractivity contribution in [3.8, 4) is 34.0 Å². The molecule has 2 aliphatic rings. The van der Waals surface area contributed by atoms with E-state index in [1.54, 1.807) is 4.90 Å². The van der Waals surface area contributed by atoms with Gasteiger partial charge in [-0.25, -0.2) is 19.9 Å². The predicted octanol–water partition coefficient (Wildman–Crippen LogP) is 20.2. The smallest absolute Gasteiger partial charge is 0.237 e. The maximum atomic E-state index is 10.0. The van der Waals surface area contributed by atoms with Gasteiger partial charge in [0, 0.05) is 73.3 Å². The van der Waals surface area contributed by atoms with Crippen LogP contribution in [0.15, 0.2) is 287 Å². The van der Waals surface area contributed by atoms with E-state index in [-0.39, 0.29) is 18.2 Å². The number of guanidine groups is 1. The van der Waals surface area contributed by atoms with Crippen LogP contribution in [0.25, 0.3) is 105 Å². The van der Waals surface area contributed by atoms with Crippen LogP contribution in [-0.2, 0) is 9.47 Å². The molecule has 17 rings (SSSR count). The van der Waals surface area contributed by atoms with Crippen LogP contribution >= 0.6 is 0 Å². The highest BCUT2D eigenvalue weighted by molar-refractivity contribution is 6.38. The molecule has 0 saturated heterocycles. The fraction of sp³-hybridized carbons (Fsp3) is 0.0500. The molecule has 2 atom stereocenters. The van der Waals surface area contributed by atoms with Crippen LogP contribution in [0.1, 0.15) is 47.3 Å². The number of anilines is 5. The summed E-state index contributed by atoms with van der Waals surface area (Å²) in [4.78, 5) is 22.3. The molecule has 0 fully saturated rings. The number of aliphatic imine (C=N–C) groups is 1. The predicted molar refractivity (Wildman–Crippen MR) is 370 cm³/mol. The van der Waals surface area contributed by atoms with Crippen molar-refractivity contribution in [1.29, 1.82) is 10.7 Å². The zero-order valence-corrected chi connectivity index (χ0v) is 49.8. The first-order valence-corrected chi connectivity index (χ1v) is 30.8. The second-order valence-electron chi connectivity index (χ2n) is 23.0. The summed E-state index contributed by atoms with van der Waals surface area (Å²) in [5, 5.41) is 25.2. The monoisotopic (exact) mass is 1200 g/mol. The number of furan rings is 2. The molecule has 0 bridgehead atoms. The lowest BCUT2D eigenvalue weighted by Crippen LogP contribution is -2.24. The number of ether oxygens (including phenoxy) is 2. The van der Waals surface area contributed by atoms with E-state index in [0.717, 1.165) is 123 Å². The second kappa shape index (κ2) is 22.7. The SMILES string of the molecule is N#CC=NC(=N)N(c1ccc(C2CC=C(c3ccccc3)O2)cc1)c1cc2c(c3c1oc1ccccc13)c1c3c(oc4ccccc43)c(N(c3ccc(C4CC=C(c5ccccc5)O4)cc3)c3ncncn3)cc1n2-c1ccc(-c2ccccc2)c(-c2ccccc2)c1. The molecule has 0 spiro atoms. The Morgan fingerprint density at radius 1 is 0.505 bits per heavy atom. The largest absolute Gasteiger partial charge is 0.485 e. The first-order valence-electron chi connectivity index (χ1n) is 30.8. The standard InChI is InChI=1S/C80H53N9O4/c81-43-44-84-79(82)88(56-33-29-54(30-34-56)69-41-39-67(90-69)52-21-9-3-10-22-52)65-46-63-75(73-60-25-13-15-27-71(60)92-77(65)73)76-64(87(63)58-37-38-59(50-17-5-1-6-18-50)62(45-58)51-19-7-2-8-20-51)47-66(78-74(76)61-26-14-16-28-72(61)93-78)89(80-85-48-83-49-86-80)57-35-31-55(32-36-57)70-42-40-68(91-70)53-23-11-4-12-24-53/h1-40,44-49,69-70,82H,41-42H2. The fourth-order valence-electron chi connectivity index (χ4n) is 13.6. The minimum absolute atomic E-state index is 0.182. The van der Waals surface area contributed by atoms with Gasteiger partial charge >= 0.3 is 0 Å². The Labute approximate surface area is 533 Å². The minimum atomic E-state index is -0.221. The van der Waals surface area contributed by atoms with Crippen LogP contribution in [0, 0.1) is 16.7 Å². The summed E-state index contributed by atoms with van der Waals surface area (Å²) in [6, 6.07) is 87.0. The molecule has 15 aromatic rings. The molecule has 6 heterocycles. The van der Waals surface area contributed by atoms with Crippen molar-refractivity contribution in [2.24, 2.45) is 4.99 Å². The van der Waals surface area contributed by atoms with E-state index in [2.05, 4.69) is 166 Å². The van der Waals surface area contributed by atoms with Gasteiger partial charge in [-0.1, -0.05) is 188 Å². The maximum absolute atomic E-state index is 10.0. The summed E-state index contributed by atoms with van der Waals surface area (Å²) >= 11 is 0. The number of fused-ring (bicyclic) bond motifs is 11. The van der Waals surface area contributed by atoms with E-state index < -0.39 is 0 Å². The number of hydrogen-bond acceptors (Lipinski definition) is 10. The first kappa shape index (κ1) is 54.5. The molecule has 442 valence electrons. The molecule has 0 radical (unpaired) electrons. The van der Waals surface area contributed by atoms with E-state index >= 15 is 0 Å². The second-order valence-corrected chi connectivity index (χ2v) is 23.0. The molecule has 2 unspecified atom stereocenters. The molecule has 2 aliphatic heterocycles. The third kappa shape index (κ3) is 9.43. The Morgan fingerprint density at radius 3 is 1.52 bits per heavy atom. The summed E-state index contributed by atoms with van der Waals surface area (Å²) in [6.45, 7) is 0. The third-order valence-corrected chi connectivity index (χ3v) is 17.7. The molecule has 4 aromatic heterocycles. The average Bonchev–Trinajstić information content (AvgIpc) is 1.53. The van der Waals surface area contributed by atoms with Gasteiger partial charge in [-0.3, -0.25) is 15.2 Å². The number of nitrogens with zero attached hydrogens (tertiary/aromatic N) is 8. The van der Waals surface area contributed by atoms with E-state index in [1.165, 1.54) is 12.7 Å². The van der Waals surface area contributed by atoms with Gasteiger partial charge in [-0.2, -0.15) is 5.26 Å². The van der Waals surface area contributed by atoms with Crippen molar-refractivity contribution in [2.45, 2.75) is 25.0 Å². The van der Waals surface area contributed by atoms with Crippen LogP contribution in [0.5, 0.6) is 0 Å². The topological polar surface area (TPSA) is 155 Å². The lowest BCUT2D eigenvalue weighted by molar-refractivity contribution is 0.194. The lowest BCUT2D eigenvalue weighted by Gasteiger charge is -2.24. The number of hydrogen-bond donors (Lipinski definition) is 1. The van der Waals surface area contributed by atoms with E-state index in [1.807, 2.05) is 120 Å². The summed E-state index contributed by atoms with van der Waals surface area (Å²) in [7, 11) is 0. The Bertz CT molecular complexity index is 5550. The van der Waals surface area contributed by atoms with E-state index in [9.17, 15) is 10.7 Å². The van der Waals surface area contributed by atoms with Crippen LogP contribution < -0.4 is 9.80 Å². The minimum Gasteiger partial charge on any atom is -0.485 e. The quantitative estimate of drug-likeness (QED) is 0.0923. The number of nitrogens with one attached hydrogen (secondary N) is 1. The maximum Gasteiger partial charge on any atom is 0.237 e. The molecule has 0 saturated carbocycles. The molecule has 13 heteroatoms. The van der Waals surface area contributed by atoms with Crippen molar-refractivity contribution < 1.29 is 18.3 Å². The molecule has 0 amide bonds. The van der Waals surface area contributed by atoms with Crippen LogP contribution in [0.2, 0.25) is 0 Å². The Kier molecular flexibility index (Phi) is 13.3. The van der Waals surface area contributed by atoms with Crippen molar-refractivity contribution in [1.82, 2.24) is 19.5 Å². The van der Waals surface area contributed by atoms with Crippen molar-refractivity contribution in [3.05, 3.63) is 296 Å². The van der Waals surface area contributed by atoms with Gasteiger partial charge < -0.3 is 22.9 Å². The van der Waals surface area contributed by atoms with Crippen molar-refractivity contribution in [2.75, 3.05) is 9.80 Å². The van der Waals surface area contributed by atoms with Gasteiger partial charge in [0.05, 0.1) is 22.4 Å². The highest BCUT2D eigenvalue weighted by atomic mass is 16.5. The van der Waals surface area contributed by atoms with Crippen LogP contribution in [0.4, 0.5) is 28.7 Å². The number of rotatable bonds is 12. The molecular formula is C80H53N9O4. The number of para-hydroxylation sites is 2. The van der Waals surface area contributed by atoms with Crippen LogP contribution in [-0.4, -0.2) is 31.7 Å². The van der Waals surface area contributed by atoms with Gasteiger partial charge in [0.25, 0.3) is 0 Å². The van der Waals surface area contributed by atoms with Gasteiger partial charge in [0.15, 0.2) is 11.2 Å².